The standard InChI is InChI=1S/C10H18BN2.C7H10BN2.C7H13N2.2C6H10BN2.C6H9Cl2N2.C6H10ClN2.C4H7BN3.2CH4/c1-3-4-5-6-7-13-9-8-12(2)10(13)11;1-3-4-10-6-5-9(2)7(10)8;1-6-5-8(3)7(2)9(6)4;1-5-4-8(2)6(7)9(5)3;1-3-9-5-4-8(2)6(9)7;1-4-9(2)5(7)6(8)10(4)3;1-5-8(2)4-6(7)9(5)3;1-7-3-6-8(2)4(7)5;;/h8-9H,3-7H2,1-2H3;3,5-6H,1,4H2,2H3;5H,1-4H3;4H,1-3H3;4-5H,3H2,1-2H3;1-3H3;4H,1-3H3;3H,1-2H3;2*1H4/q8*+1;;. The van der Waals surface area contributed by atoms with Crippen LogP contribution in [-0.2, 0) is 111 Å². The number of halogens is 3. The van der Waals surface area contributed by atoms with Crippen molar-refractivity contribution in [3.05, 3.63) is 119 Å². The fourth-order valence-electron chi connectivity index (χ4n) is 6.89. The number of hydrogen-bond acceptors (Lipinski definition) is 1. The molecule has 10 radical (unpaired) electrons. The molecule has 8 rings (SSSR count). The highest BCUT2D eigenvalue weighted by Crippen LogP contribution is 2.18. The van der Waals surface area contributed by atoms with Crippen molar-refractivity contribution in [3.8, 4) is 0 Å². The van der Waals surface area contributed by atoms with Gasteiger partial charge in [0.05, 0.1) is 105 Å². The van der Waals surface area contributed by atoms with Crippen LogP contribution in [-0.4, -0.2) is 81.0 Å². The van der Waals surface area contributed by atoms with E-state index in [1.165, 1.54) is 42.9 Å². The first-order chi connectivity index (χ1) is 35.9. The molecular formula is C54H95B5Cl3N17+8. The summed E-state index contributed by atoms with van der Waals surface area (Å²) in [4.78, 5) is 0. The van der Waals surface area contributed by atoms with Crippen LogP contribution in [0.3, 0.4) is 0 Å². The first-order valence-corrected chi connectivity index (χ1v) is 26.5. The van der Waals surface area contributed by atoms with E-state index in [1.54, 1.807) is 22.6 Å². The van der Waals surface area contributed by atoms with Gasteiger partial charge in [-0.1, -0.05) is 47.3 Å². The topological polar surface area (TPSA) is 83.4 Å². The van der Waals surface area contributed by atoms with Crippen molar-refractivity contribution in [2.45, 2.75) is 109 Å². The largest absolute Gasteiger partial charge is 0.264 e. The van der Waals surface area contributed by atoms with E-state index in [4.69, 9.17) is 74.0 Å². The monoisotopic (exact) mass is 1140 g/mol. The molecule has 0 saturated heterocycles. The molecule has 0 bridgehead atoms. The van der Waals surface area contributed by atoms with Gasteiger partial charge in [0.2, 0.25) is 44.4 Å². The number of unbranched alkanes of at least 4 members (excludes halogenated alkanes) is 3. The highest BCUT2D eigenvalue weighted by atomic mass is 35.5. The molecule has 8 heterocycles. The van der Waals surface area contributed by atoms with Crippen LogP contribution in [0, 0.1) is 34.6 Å². The minimum absolute atomic E-state index is 0. The highest BCUT2D eigenvalue weighted by molar-refractivity contribution is 6.40. The van der Waals surface area contributed by atoms with E-state index in [0.717, 1.165) is 59.3 Å². The van der Waals surface area contributed by atoms with Crippen molar-refractivity contribution >= 4 is 103 Å². The second-order valence-corrected chi connectivity index (χ2v) is 19.8. The lowest BCUT2D eigenvalue weighted by Crippen LogP contribution is -2.46. The molecule has 0 amide bonds. The van der Waals surface area contributed by atoms with Gasteiger partial charge in [-0.25, -0.2) is 68.5 Å². The SMILES string of the molecule is C.C.Cc1c[n+](C)c(C)n1C.Cc1n(C)c(Cl)c(Cl)[n+]1C.Cc1n(C)c(Cl)c[n+]1C.[B]c1n(C)c(C)c[n+]1C.[B]c1n(C)nc[n+]1C.[B]c1n(CC)cc[n+]1C.[B]c1n(CC=C)cc[n+]1C.[B]c1n(CCCCCC)cc[n+]1C. The third-order valence-corrected chi connectivity index (χ3v) is 14.6. The number of hydrogen-bond donors (Lipinski definition) is 0. The van der Waals surface area contributed by atoms with Gasteiger partial charge in [-0.05, 0) is 54.6 Å². The summed E-state index contributed by atoms with van der Waals surface area (Å²) in [5.41, 5.74) is 6.32. The molecule has 25 heteroatoms. The number of rotatable bonds is 8. The maximum absolute atomic E-state index is 5.84. The number of aromatic nitrogens is 17. The van der Waals surface area contributed by atoms with E-state index in [2.05, 4.69) is 73.4 Å². The quantitative estimate of drug-likeness (QED) is 0.0923. The Morgan fingerprint density at radius 2 is 0.975 bits per heavy atom. The Morgan fingerprint density at radius 1 is 0.519 bits per heavy atom. The Morgan fingerprint density at radius 3 is 1.18 bits per heavy atom. The van der Waals surface area contributed by atoms with Gasteiger partial charge >= 0.3 is 0 Å². The molecule has 8 aromatic rings. The molecule has 0 atom stereocenters. The second kappa shape index (κ2) is 36.7. The van der Waals surface area contributed by atoms with E-state index in [9.17, 15) is 0 Å². The summed E-state index contributed by atoms with van der Waals surface area (Å²) in [6, 6.07) is 0. The normalized spacial score (nSPS) is 9.91. The van der Waals surface area contributed by atoms with Gasteiger partial charge in [0.1, 0.15) is 73.7 Å². The molecule has 424 valence electrons. The van der Waals surface area contributed by atoms with E-state index in [-0.39, 0.29) is 14.9 Å². The van der Waals surface area contributed by atoms with Crippen molar-refractivity contribution in [2.75, 3.05) is 0 Å². The van der Waals surface area contributed by atoms with Gasteiger partial charge in [0, 0.05) is 39.7 Å². The zero-order valence-corrected chi connectivity index (χ0v) is 52.4. The van der Waals surface area contributed by atoms with Crippen molar-refractivity contribution in [1.82, 2.24) is 41.8 Å². The van der Waals surface area contributed by atoms with Gasteiger partial charge in [-0.2, -0.15) is 0 Å². The fourth-order valence-corrected chi connectivity index (χ4v) is 7.65. The molecule has 0 aromatic carbocycles. The smallest absolute Gasteiger partial charge is 0.248 e. The summed E-state index contributed by atoms with van der Waals surface area (Å²) >= 11 is 17.4. The van der Waals surface area contributed by atoms with Crippen LogP contribution < -0.4 is 65.2 Å². The van der Waals surface area contributed by atoms with Gasteiger partial charge in [-0.3, -0.25) is 0 Å². The summed E-state index contributed by atoms with van der Waals surface area (Å²) in [5.74, 6) is 3.47. The van der Waals surface area contributed by atoms with Crippen molar-refractivity contribution < 1.29 is 36.5 Å². The average molecular weight is 1140 g/mol. The summed E-state index contributed by atoms with van der Waals surface area (Å²) in [6.07, 6.45) is 26.4. The molecule has 0 saturated carbocycles. The molecule has 8 aromatic heterocycles. The van der Waals surface area contributed by atoms with E-state index >= 15 is 0 Å². The molecule has 17 nitrogen and oxygen atoms in total. The number of imidazole rings is 7. The van der Waals surface area contributed by atoms with E-state index < -0.39 is 0 Å². The lowest BCUT2D eigenvalue weighted by Gasteiger charge is -1.99. The van der Waals surface area contributed by atoms with E-state index in [1.807, 2.05) is 197 Å². The molecule has 79 heavy (non-hydrogen) atoms. The predicted octanol–water partition coefficient (Wildman–Crippen LogP) is 0.110. The molecule has 0 fully saturated rings. The summed E-state index contributed by atoms with van der Waals surface area (Å²) in [6.45, 7) is 20.9. The summed E-state index contributed by atoms with van der Waals surface area (Å²) in [7, 11) is 53.4. The Bertz CT molecular complexity index is 2770. The molecule has 0 N–H and O–H groups in total. The van der Waals surface area contributed by atoms with Gasteiger partial charge in [0.15, 0.2) is 28.6 Å². The number of aryl methyl sites for hydroxylation is 12. The fraction of sp³-hybridized carbons (Fsp3) is 0.537. The zero-order chi connectivity index (χ0) is 59.2. The van der Waals surface area contributed by atoms with Crippen LogP contribution in [0.4, 0.5) is 0 Å². The summed E-state index contributed by atoms with van der Waals surface area (Å²) in [5, 5.41) is 5.81. The summed E-state index contributed by atoms with van der Waals surface area (Å²) < 4.78 is 30.8. The maximum Gasteiger partial charge on any atom is 0.264 e. The van der Waals surface area contributed by atoms with Crippen LogP contribution >= 0.6 is 34.8 Å². The van der Waals surface area contributed by atoms with Crippen molar-refractivity contribution in [2.24, 2.45) is 91.6 Å². The minimum Gasteiger partial charge on any atom is -0.248 e. The number of nitrogens with zero attached hydrogens (tertiary/aromatic N) is 17. The molecule has 0 aliphatic carbocycles. The van der Waals surface area contributed by atoms with Gasteiger partial charge in [0.25, 0.3) is 34.1 Å². The van der Waals surface area contributed by atoms with E-state index in [0.29, 0.717) is 16.0 Å². The van der Waals surface area contributed by atoms with Gasteiger partial charge < -0.3 is 0 Å². The Labute approximate surface area is 497 Å². The lowest BCUT2D eigenvalue weighted by molar-refractivity contribution is -0.677. The predicted molar refractivity (Wildman–Crippen MR) is 327 cm³/mol. The average Bonchev–Trinajstić information content (AvgIpc) is 4.26. The molecule has 0 aliphatic rings. The molecular weight excluding hydrogens is 1050 g/mol. The van der Waals surface area contributed by atoms with Crippen LogP contribution in [0.15, 0.2) is 74.8 Å². The highest BCUT2D eigenvalue weighted by Gasteiger charge is 2.19. The van der Waals surface area contributed by atoms with Crippen molar-refractivity contribution in [3.63, 3.8) is 0 Å². The van der Waals surface area contributed by atoms with Crippen molar-refractivity contribution in [1.29, 1.82) is 0 Å². The van der Waals surface area contributed by atoms with Crippen LogP contribution in [0.5, 0.6) is 0 Å². The van der Waals surface area contributed by atoms with Gasteiger partial charge in [-0.15, -0.1) is 4.68 Å². The van der Waals surface area contributed by atoms with Crippen LogP contribution in [0.25, 0.3) is 0 Å². The first kappa shape index (κ1) is 75.6. The second-order valence-electron chi connectivity index (χ2n) is 18.7. The lowest BCUT2D eigenvalue weighted by atomic mass is 10.1. The third-order valence-electron chi connectivity index (χ3n) is 13.3. The zero-order valence-electron chi connectivity index (χ0n) is 50.1. The Hall–Kier alpha value is -5.46. The molecule has 0 aliphatic heterocycles. The molecule has 0 unspecified atom stereocenters. The molecule has 0 spiro atoms. The third kappa shape index (κ3) is 22.9. The minimum atomic E-state index is 0. The Balaban J connectivity index is 0. The number of allylic oxidation sites excluding steroid dienone is 1. The maximum atomic E-state index is 5.84. The Kier molecular flexibility index (Phi) is 35.2. The van der Waals surface area contributed by atoms with Crippen LogP contribution in [0.2, 0.25) is 15.5 Å². The van der Waals surface area contributed by atoms with Crippen LogP contribution in [0.1, 0.15) is 83.2 Å². The first-order valence-electron chi connectivity index (χ1n) is 25.4.